The number of likely N-dealkylation sites (tertiary alicyclic amines) is 1. The van der Waals surface area contributed by atoms with Crippen molar-refractivity contribution < 1.29 is 4.79 Å². The van der Waals surface area contributed by atoms with Crippen LogP contribution in [0.2, 0.25) is 0 Å². The Kier molecular flexibility index (Phi) is 9.80. The summed E-state index contributed by atoms with van der Waals surface area (Å²) in [7, 11) is 0. The number of nitrogens with two attached hydrogens (primary N) is 1. The molecule has 6 nitrogen and oxygen atoms in total. The average Bonchev–Trinajstić information content (AvgIpc) is 3.23. The molecule has 2 aromatic rings. The van der Waals surface area contributed by atoms with Crippen molar-refractivity contribution in [1.29, 1.82) is 0 Å². The van der Waals surface area contributed by atoms with E-state index in [4.69, 9.17) is 5.73 Å². The molecule has 1 aromatic heterocycles. The molecular weight excluding hydrogens is 385 g/mol. The van der Waals surface area contributed by atoms with Crippen LogP contribution in [0.3, 0.4) is 0 Å². The molecule has 0 unspecified atom stereocenters. The van der Waals surface area contributed by atoms with Crippen LogP contribution in [-0.4, -0.2) is 46.8 Å². The van der Waals surface area contributed by atoms with E-state index in [1.165, 1.54) is 5.56 Å². The summed E-state index contributed by atoms with van der Waals surface area (Å²) >= 11 is 0. The molecule has 0 bridgehead atoms. The number of amides is 1. The van der Waals surface area contributed by atoms with Crippen LogP contribution in [0.5, 0.6) is 0 Å². The molecule has 1 saturated heterocycles. The second-order valence-electron chi connectivity index (χ2n) is 6.69. The van der Waals surface area contributed by atoms with E-state index < -0.39 is 0 Å². The molecule has 8 heteroatoms. The Morgan fingerprint density at radius 1 is 1.22 bits per heavy atom. The summed E-state index contributed by atoms with van der Waals surface area (Å²) < 4.78 is 1.83. The molecule has 0 saturated carbocycles. The smallest absolute Gasteiger partial charge is 0.239 e. The lowest BCUT2D eigenvalue weighted by molar-refractivity contribution is -0.117. The highest BCUT2D eigenvalue weighted by molar-refractivity contribution is 5.91. The van der Waals surface area contributed by atoms with Gasteiger partial charge < -0.3 is 11.1 Å². The number of aromatic nitrogens is 2. The van der Waals surface area contributed by atoms with Crippen LogP contribution < -0.4 is 11.1 Å². The average molecular weight is 414 g/mol. The van der Waals surface area contributed by atoms with Crippen molar-refractivity contribution in [3.63, 3.8) is 0 Å². The molecular formula is C19H29Cl2N5O. The van der Waals surface area contributed by atoms with Crippen LogP contribution in [-0.2, 0) is 11.3 Å². The van der Waals surface area contributed by atoms with Gasteiger partial charge in [-0.25, -0.2) is 4.68 Å². The van der Waals surface area contributed by atoms with Crippen molar-refractivity contribution in [1.82, 2.24) is 14.7 Å². The molecule has 1 fully saturated rings. The van der Waals surface area contributed by atoms with Crippen LogP contribution >= 0.6 is 24.8 Å². The number of nitrogens with zero attached hydrogens (tertiary/aromatic N) is 3. The second-order valence-corrected chi connectivity index (χ2v) is 6.69. The zero-order valence-electron chi connectivity index (χ0n) is 15.6. The van der Waals surface area contributed by atoms with E-state index in [1.807, 2.05) is 16.8 Å². The van der Waals surface area contributed by atoms with Gasteiger partial charge in [0.2, 0.25) is 5.91 Å². The summed E-state index contributed by atoms with van der Waals surface area (Å²) in [5, 5.41) is 7.22. The first kappa shape index (κ1) is 23.4. The van der Waals surface area contributed by atoms with E-state index in [0.29, 0.717) is 24.9 Å². The summed E-state index contributed by atoms with van der Waals surface area (Å²) in [6, 6.07) is 12.3. The topological polar surface area (TPSA) is 76.2 Å². The van der Waals surface area contributed by atoms with E-state index in [1.54, 1.807) is 6.20 Å². The highest BCUT2D eigenvalue weighted by atomic mass is 35.5. The third-order valence-corrected chi connectivity index (χ3v) is 4.83. The van der Waals surface area contributed by atoms with Crippen molar-refractivity contribution in [3.8, 4) is 0 Å². The third-order valence-electron chi connectivity index (χ3n) is 4.83. The van der Waals surface area contributed by atoms with E-state index in [0.717, 1.165) is 31.9 Å². The highest BCUT2D eigenvalue weighted by Crippen LogP contribution is 2.31. The van der Waals surface area contributed by atoms with Crippen molar-refractivity contribution in [3.05, 3.63) is 48.2 Å². The number of rotatable bonds is 7. The fourth-order valence-corrected chi connectivity index (χ4v) is 3.62. The van der Waals surface area contributed by atoms with Crippen molar-refractivity contribution in [2.45, 2.75) is 25.8 Å². The Labute approximate surface area is 173 Å². The number of nitrogens with one attached hydrogen (secondary N) is 1. The summed E-state index contributed by atoms with van der Waals surface area (Å²) in [5.74, 6) is 1.55. The lowest BCUT2D eigenvalue weighted by Gasteiger charge is -2.16. The minimum absolute atomic E-state index is 0. The number of aryl methyl sites for hydroxylation is 1. The molecule has 1 aromatic carbocycles. The SMILES string of the molecule is CCCn1nccc1NC(=O)CN1C[C@@H](CN)[C@H](c2ccccc2)C1.Cl.Cl. The first-order valence-electron chi connectivity index (χ1n) is 9.00. The van der Waals surface area contributed by atoms with Gasteiger partial charge in [0.1, 0.15) is 5.82 Å². The van der Waals surface area contributed by atoms with Gasteiger partial charge in [-0.15, -0.1) is 24.8 Å². The largest absolute Gasteiger partial charge is 0.330 e. The van der Waals surface area contributed by atoms with Gasteiger partial charge in [-0.1, -0.05) is 37.3 Å². The molecule has 2 atom stereocenters. The summed E-state index contributed by atoms with van der Waals surface area (Å²) in [6.07, 6.45) is 2.70. The molecule has 27 heavy (non-hydrogen) atoms. The first-order valence-corrected chi connectivity index (χ1v) is 9.00. The maximum Gasteiger partial charge on any atom is 0.239 e. The molecule has 1 aliphatic heterocycles. The number of halogens is 2. The van der Waals surface area contributed by atoms with Gasteiger partial charge in [0, 0.05) is 31.6 Å². The molecule has 3 rings (SSSR count). The second kappa shape index (κ2) is 11.3. The number of anilines is 1. The number of carbonyl (C=O) groups excluding carboxylic acids is 1. The zero-order chi connectivity index (χ0) is 17.6. The Hall–Kier alpha value is -1.60. The van der Waals surface area contributed by atoms with E-state index in [-0.39, 0.29) is 30.7 Å². The number of carbonyl (C=O) groups is 1. The van der Waals surface area contributed by atoms with Crippen LogP contribution in [0, 0.1) is 5.92 Å². The van der Waals surface area contributed by atoms with E-state index in [9.17, 15) is 4.79 Å². The number of benzene rings is 1. The van der Waals surface area contributed by atoms with Gasteiger partial charge in [-0.3, -0.25) is 9.69 Å². The van der Waals surface area contributed by atoms with Gasteiger partial charge in [-0.2, -0.15) is 5.10 Å². The van der Waals surface area contributed by atoms with Gasteiger partial charge in [0.15, 0.2) is 0 Å². The molecule has 0 radical (unpaired) electrons. The van der Waals surface area contributed by atoms with Crippen LogP contribution in [0.1, 0.15) is 24.8 Å². The predicted molar refractivity (Wildman–Crippen MR) is 114 cm³/mol. The molecule has 1 amide bonds. The summed E-state index contributed by atoms with van der Waals surface area (Å²) in [6.45, 7) is 5.65. The van der Waals surface area contributed by atoms with Gasteiger partial charge in [-0.05, 0) is 24.4 Å². The van der Waals surface area contributed by atoms with Gasteiger partial charge in [0.25, 0.3) is 0 Å². The Bertz CT molecular complexity index is 694. The molecule has 2 heterocycles. The fraction of sp³-hybridized carbons (Fsp3) is 0.474. The van der Waals surface area contributed by atoms with Crippen LogP contribution in [0.25, 0.3) is 0 Å². The van der Waals surface area contributed by atoms with Crippen LogP contribution in [0.4, 0.5) is 5.82 Å². The normalized spacial score (nSPS) is 19.2. The van der Waals surface area contributed by atoms with Crippen molar-refractivity contribution >= 4 is 36.5 Å². The molecule has 3 N–H and O–H groups in total. The highest BCUT2D eigenvalue weighted by Gasteiger charge is 2.33. The Morgan fingerprint density at radius 2 is 1.96 bits per heavy atom. The standard InChI is InChI=1S/C19H27N5O.2ClH/c1-2-10-24-18(8-9-21-24)22-19(25)14-23-12-16(11-20)17(13-23)15-6-4-3-5-7-15;;/h3-9,16-17H,2,10-14,20H2,1H3,(H,22,25);2*1H/t16-,17+;;/m1../s1. The lowest BCUT2D eigenvalue weighted by Crippen LogP contribution is -2.32. The Balaban J connectivity index is 0.00000182. The van der Waals surface area contributed by atoms with E-state index in [2.05, 4.69) is 46.5 Å². The fourth-order valence-electron chi connectivity index (χ4n) is 3.62. The molecule has 0 aliphatic carbocycles. The van der Waals surface area contributed by atoms with Gasteiger partial charge >= 0.3 is 0 Å². The first-order chi connectivity index (χ1) is 12.2. The molecule has 0 spiro atoms. The number of hydrogen-bond donors (Lipinski definition) is 2. The zero-order valence-corrected chi connectivity index (χ0v) is 17.2. The minimum Gasteiger partial charge on any atom is -0.330 e. The number of hydrogen-bond acceptors (Lipinski definition) is 4. The third kappa shape index (κ3) is 5.94. The predicted octanol–water partition coefficient (Wildman–Crippen LogP) is 2.75. The maximum atomic E-state index is 12.4. The van der Waals surface area contributed by atoms with Gasteiger partial charge in [0.05, 0.1) is 12.7 Å². The van der Waals surface area contributed by atoms with Crippen molar-refractivity contribution in [2.75, 3.05) is 31.5 Å². The van der Waals surface area contributed by atoms with Crippen molar-refractivity contribution in [2.24, 2.45) is 11.7 Å². The monoisotopic (exact) mass is 413 g/mol. The maximum absolute atomic E-state index is 12.4. The summed E-state index contributed by atoms with van der Waals surface area (Å²) in [5.41, 5.74) is 7.29. The molecule has 150 valence electrons. The van der Waals surface area contributed by atoms with E-state index >= 15 is 0 Å². The minimum atomic E-state index is 0. The van der Waals surface area contributed by atoms with Crippen LogP contribution in [0.15, 0.2) is 42.6 Å². The Morgan fingerprint density at radius 3 is 2.63 bits per heavy atom. The molecule has 1 aliphatic rings. The quantitative estimate of drug-likeness (QED) is 0.731. The summed E-state index contributed by atoms with van der Waals surface area (Å²) in [4.78, 5) is 14.6. The lowest BCUT2D eigenvalue weighted by atomic mass is 9.89.